The van der Waals surface area contributed by atoms with Crippen molar-refractivity contribution in [2.45, 2.75) is 34.6 Å². The van der Waals surface area contributed by atoms with E-state index in [1.807, 2.05) is 27.7 Å². The second-order valence-electron chi connectivity index (χ2n) is 2.11. The Morgan fingerprint density at radius 2 is 1.64 bits per heavy atom. The number of rotatable bonds is 1. The molecular formula is C12H20O2. The zero-order valence-electron chi connectivity index (χ0n) is 9.66. The van der Waals surface area contributed by atoms with Crippen molar-refractivity contribution in [1.29, 1.82) is 0 Å². The number of ketones is 1. The molecule has 0 saturated heterocycles. The van der Waals surface area contributed by atoms with Gasteiger partial charge < -0.3 is 5.11 Å². The minimum atomic E-state index is -0.0316. The van der Waals surface area contributed by atoms with Crippen LogP contribution in [0.3, 0.4) is 0 Å². The van der Waals surface area contributed by atoms with Gasteiger partial charge in [-0.25, -0.2) is 0 Å². The average molecular weight is 196 g/mol. The fourth-order valence-electron chi connectivity index (χ4n) is 0.725. The largest absolute Gasteiger partial charge is 0.508 e. The first kappa shape index (κ1) is 15.2. The normalized spacial score (nSPS) is 7.50. The second kappa shape index (κ2) is 9.78. The molecule has 0 aliphatic carbocycles. The summed E-state index contributed by atoms with van der Waals surface area (Å²) in [6.07, 6.45) is 0. The summed E-state index contributed by atoms with van der Waals surface area (Å²) in [5, 5.41) is 8.91. The first-order valence-electron chi connectivity index (χ1n) is 5.00. The molecule has 80 valence electrons. The lowest BCUT2D eigenvalue weighted by Gasteiger charge is -1.93. The van der Waals surface area contributed by atoms with Crippen molar-refractivity contribution in [2.24, 2.45) is 0 Å². The van der Waals surface area contributed by atoms with Gasteiger partial charge in [-0.1, -0.05) is 39.8 Å². The molecule has 0 amide bonds. The summed E-state index contributed by atoms with van der Waals surface area (Å²) in [7, 11) is 0. The number of phenolic OH excluding ortho intramolecular Hbond substituents is 1. The van der Waals surface area contributed by atoms with Gasteiger partial charge in [-0.2, -0.15) is 0 Å². The number of Topliss-reactive ketones (excluding diaryl/α,β-unsaturated/α-hetero) is 1. The smallest absolute Gasteiger partial charge is 0.159 e. The highest BCUT2D eigenvalue weighted by Gasteiger charge is 1.97. The molecule has 1 N–H and O–H groups in total. The maximum Gasteiger partial charge on any atom is 0.159 e. The van der Waals surface area contributed by atoms with Gasteiger partial charge in [0.1, 0.15) is 5.75 Å². The van der Waals surface area contributed by atoms with Gasteiger partial charge >= 0.3 is 0 Å². The topological polar surface area (TPSA) is 37.3 Å². The number of hydrogen-bond donors (Lipinski definition) is 1. The van der Waals surface area contributed by atoms with Gasteiger partial charge in [-0.3, -0.25) is 4.79 Å². The SMILES string of the molecule is CC.CC.CC(=O)c1cccc(O)c1. The van der Waals surface area contributed by atoms with Gasteiger partial charge in [0.15, 0.2) is 5.78 Å². The number of aromatic hydroxyl groups is 1. The number of hydrogen-bond acceptors (Lipinski definition) is 2. The predicted octanol–water partition coefficient (Wildman–Crippen LogP) is 3.65. The van der Waals surface area contributed by atoms with Crippen LogP contribution in [-0.2, 0) is 0 Å². The van der Waals surface area contributed by atoms with E-state index < -0.39 is 0 Å². The highest BCUT2D eigenvalue weighted by Crippen LogP contribution is 2.10. The van der Waals surface area contributed by atoms with Gasteiger partial charge in [-0.05, 0) is 19.1 Å². The summed E-state index contributed by atoms with van der Waals surface area (Å²) in [5.74, 6) is 0.101. The molecule has 2 heteroatoms. The first-order valence-corrected chi connectivity index (χ1v) is 5.00. The molecule has 0 saturated carbocycles. The standard InChI is InChI=1S/C8H8O2.2C2H6/c1-6(9)7-3-2-4-8(10)5-7;2*1-2/h2-5,10H,1H3;2*1-2H3. The van der Waals surface area contributed by atoms with Crippen molar-refractivity contribution in [3.63, 3.8) is 0 Å². The monoisotopic (exact) mass is 196 g/mol. The van der Waals surface area contributed by atoms with Crippen LogP contribution in [0.4, 0.5) is 0 Å². The van der Waals surface area contributed by atoms with Crippen LogP contribution in [0.2, 0.25) is 0 Å². The Morgan fingerprint density at radius 3 is 1.93 bits per heavy atom. The third kappa shape index (κ3) is 6.23. The lowest BCUT2D eigenvalue weighted by Crippen LogP contribution is -1.89. The Labute approximate surface area is 86.6 Å². The molecule has 0 heterocycles. The highest BCUT2D eigenvalue weighted by atomic mass is 16.3. The fraction of sp³-hybridized carbons (Fsp3) is 0.417. The van der Waals surface area contributed by atoms with E-state index in [1.165, 1.54) is 19.1 Å². The van der Waals surface area contributed by atoms with E-state index in [9.17, 15) is 4.79 Å². The molecule has 0 radical (unpaired) electrons. The van der Waals surface area contributed by atoms with Crippen molar-refractivity contribution >= 4 is 5.78 Å². The van der Waals surface area contributed by atoms with Crippen LogP contribution in [0.1, 0.15) is 45.0 Å². The third-order valence-corrected chi connectivity index (χ3v) is 1.25. The molecule has 0 atom stereocenters. The molecule has 14 heavy (non-hydrogen) atoms. The Balaban J connectivity index is 0. The summed E-state index contributed by atoms with van der Waals surface area (Å²) in [6, 6.07) is 6.29. The zero-order valence-corrected chi connectivity index (χ0v) is 9.66. The fourth-order valence-corrected chi connectivity index (χ4v) is 0.725. The number of phenols is 1. The minimum absolute atomic E-state index is 0.0316. The molecule has 0 aromatic heterocycles. The molecule has 0 aliphatic heterocycles. The number of carbonyl (C=O) groups is 1. The Kier molecular flexibility index (Phi) is 10.6. The van der Waals surface area contributed by atoms with Gasteiger partial charge in [0.25, 0.3) is 0 Å². The van der Waals surface area contributed by atoms with E-state index in [0.717, 1.165) is 0 Å². The van der Waals surface area contributed by atoms with Gasteiger partial charge in [-0.15, -0.1) is 0 Å². The van der Waals surface area contributed by atoms with Crippen LogP contribution in [0, 0.1) is 0 Å². The number of benzene rings is 1. The predicted molar refractivity (Wildman–Crippen MR) is 60.8 cm³/mol. The zero-order chi connectivity index (χ0) is 11.6. The lowest BCUT2D eigenvalue weighted by molar-refractivity contribution is 0.101. The molecule has 0 aliphatic rings. The van der Waals surface area contributed by atoms with Crippen molar-refractivity contribution in [3.05, 3.63) is 29.8 Å². The van der Waals surface area contributed by atoms with E-state index in [4.69, 9.17) is 5.11 Å². The molecule has 0 bridgehead atoms. The molecular weight excluding hydrogens is 176 g/mol. The van der Waals surface area contributed by atoms with Crippen LogP contribution in [0.5, 0.6) is 5.75 Å². The quantitative estimate of drug-likeness (QED) is 0.696. The molecule has 0 unspecified atom stereocenters. The molecule has 0 fully saturated rings. The first-order chi connectivity index (χ1) is 6.70. The van der Waals surface area contributed by atoms with Crippen LogP contribution >= 0.6 is 0 Å². The molecule has 1 aromatic carbocycles. The van der Waals surface area contributed by atoms with Crippen LogP contribution in [0.15, 0.2) is 24.3 Å². The highest BCUT2D eigenvalue weighted by molar-refractivity contribution is 5.94. The second-order valence-corrected chi connectivity index (χ2v) is 2.11. The maximum absolute atomic E-state index is 10.7. The Bertz CT molecular complexity index is 254. The average Bonchev–Trinajstić information content (AvgIpc) is 2.24. The minimum Gasteiger partial charge on any atom is -0.508 e. The lowest BCUT2D eigenvalue weighted by atomic mass is 10.1. The summed E-state index contributed by atoms with van der Waals surface area (Å²) >= 11 is 0. The molecule has 2 nitrogen and oxygen atoms in total. The van der Waals surface area contributed by atoms with Gasteiger partial charge in [0.2, 0.25) is 0 Å². The van der Waals surface area contributed by atoms with Crippen LogP contribution in [0.25, 0.3) is 0 Å². The molecule has 0 spiro atoms. The summed E-state index contributed by atoms with van der Waals surface area (Å²) < 4.78 is 0. The summed E-state index contributed by atoms with van der Waals surface area (Å²) in [4.78, 5) is 10.7. The van der Waals surface area contributed by atoms with Crippen molar-refractivity contribution in [2.75, 3.05) is 0 Å². The van der Waals surface area contributed by atoms with E-state index in [0.29, 0.717) is 5.56 Å². The summed E-state index contributed by atoms with van der Waals surface area (Å²) in [5.41, 5.74) is 0.542. The summed E-state index contributed by atoms with van der Waals surface area (Å²) in [6.45, 7) is 9.47. The molecule has 1 rings (SSSR count). The third-order valence-electron chi connectivity index (χ3n) is 1.25. The Morgan fingerprint density at radius 1 is 1.14 bits per heavy atom. The van der Waals surface area contributed by atoms with E-state index >= 15 is 0 Å². The number of carbonyl (C=O) groups excluding carboxylic acids is 1. The van der Waals surface area contributed by atoms with Crippen molar-refractivity contribution in [3.8, 4) is 5.75 Å². The Hall–Kier alpha value is -1.31. The van der Waals surface area contributed by atoms with Crippen molar-refractivity contribution in [1.82, 2.24) is 0 Å². The van der Waals surface area contributed by atoms with Gasteiger partial charge in [0, 0.05) is 5.56 Å². The van der Waals surface area contributed by atoms with Crippen LogP contribution in [-0.4, -0.2) is 10.9 Å². The molecule has 1 aromatic rings. The van der Waals surface area contributed by atoms with E-state index in [-0.39, 0.29) is 11.5 Å². The van der Waals surface area contributed by atoms with Crippen LogP contribution < -0.4 is 0 Å². The van der Waals surface area contributed by atoms with E-state index in [1.54, 1.807) is 12.1 Å². The van der Waals surface area contributed by atoms with Crippen molar-refractivity contribution < 1.29 is 9.90 Å². The van der Waals surface area contributed by atoms with E-state index in [2.05, 4.69) is 0 Å². The maximum atomic E-state index is 10.7. The van der Waals surface area contributed by atoms with Gasteiger partial charge in [0.05, 0.1) is 0 Å².